The highest BCUT2D eigenvalue weighted by atomic mass is 16.3. The molecule has 0 spiro atoms. The SMILES string of the molecule is CCCc1ccc(NC(C)(C)CO)cc1. The van der Waals surface area contributed by atoms with Gasteiger partial charge in [0.25, 0.3) is 0 Å². The average molecular weight is 207 g/mol. The molecule has 0 atom stereocenters. The summed E-state index contributed by atoms with van der Waals surface area (Å²) in [5, 5.41) is 12.4. The monoisotopic (exact) mass is 207 g/mol. The largest absolute Gasteiger partial charge is 0.394 e. The molecule has 0 fully saturated rings. The van der Waals surface area contributed by atoms with Gasteiger partial charge in [-0.1, -0.05) is 25.5 Å². The molecule has 0 amide bonds. The first-order chi connectivity index (χ1) is 7.07. The molecule has 1 rings (SSSR count). The molecule has 2 heteroatoms. The first-order valence-corrected chi connectivity index (χ1v) is 5.55. The van der Waals surface area contributed by atoms with Gasteiger partial charge in [0.1, 0.15) is 0 Å². The number of anilines is 1. The number of rotatable bonds is 5. The smallest absolute Gasteiger partial charge is 0.0656 e. The summed E-state index contributed by atoms with van der Waals surface area (Å²) in [7, 11) is 0. The zero-order chi connectivity index (χ0) is 11.3. The molecule has 0 saturated carbocycles. The number of benzene rings is 1. The van der Waals surface area contributed by atoms with Gasteiger partial charge in [0, 0.05) is 5.69 Å². The van der Waals surface area contributed by atoms with Crippen molar-refractivity contribution in [2.45, 2.75) is 39.2 Å². The maximum atomic E-state index is 9.13. The summed E-state index contributed by atoms with van der Waals surface area (Å²) in [5.41, 5.74) is 2.17. The minimum absolute atomic E-state index is 0.129. The van der Waals surface area contributed by atoms with Gasteiger partial charge in [-0.3, -0.25) is 0 Å². The molecule has 0 bridgehead atoms. The fraction of sp³-hybridized carbons (Fsp3) is 0.538. The molecule has 0 radical (unpaired) electrons. The Morgan fingerprint density at radius 3 is 2.27 bits per heavy atom. The molecule has 0 aromatic heterocycles. The first-order valence-electron chi connectivity index (χ1n) is 5.55. The molecule has 2 nitrogen and oxygen atoms in total. The summed E-state index contributed by atoms with van der Waals surface area (Å²) in [6.07, 6.45) is 2.30. The third-order valence-electron chi connectivity index (χ3n) is 2.37. The lowest BCUT2D eigenvalue weighted by molar-refractivity contribution is 0.234. The lowest BCUT2D eigenvalue weighted by Crippen LogP contribution is -2.34. The van der Waals surface area contributed by atoms with E-state index in [1.54, 1.807) is 0 Å². The van der Waals surface area contributed by atoms with Crippen molar-refractivity contribution in [3.63, 3.8) is 0 Å². The number of hydrogen-bond acceptors (Lipinski definition) is 2. The van der Waals surface area contributed by atoms with E-state index in [-0.39, 0.29) is 12.1 Å². The van der Waals surface area contributed by atoms with E-state index in [0.29, 0.717) is 0 Å². The first kappa shape index (κ1) is 12.1. The molecule has 0 heterocycles. The molecule has 0 saturated heterocycles. The van der Waals surface area contributed by atoms with Gasteiger partial charge < -0.3 is 10.4 Å². The predicted octanol–water partition coefficient (Wildman–Crippen LogP) is 2.82. The summed E-state index contributed by atoms with van der Waals surface area (Å²) < 4.78 is 0. The van der Waals surface area contributed by atoms with Gasteiger partial charge in [-0.2, -0.15) is 0 Å². The van der Waals surface area contributed by atoms with Crippen LogP contribution in [0.15, 0.2) is 24.3 Å². The van der Waals surface area contributed by atoms with E-state index in [1.165, 1.54) is 12.0 Å². The van der Waals surface area contributed by atoms with E-state index in [9.17, 15) is 0 Å². The third-order valence-corrected chi connectivity index (χ3v) is 2.37. The minimum atomic E-state index is -0.258. The fourth-order valence-electron chi connectivity index (χ4n) is 1.47. The normalized spacial score (nSPS) is 11.5. The van der Waals surface area contributed by atoms with E-state index in [2.05, 4.69) is 36.5 Å². The van der Waals surface area contributed by atoms with Gasteiger partial charge in [0.15, 0.2) is 0 Å². The topological polar surface area (TPSA) is 32.3 Å². The Hall–Kier alpha value is -1.02. The number of aliphatic hydroxyl groups is 1. The highest BCUT2D eigenvalue weighted by Gasteiger charge is 2.14. The maximum absolute atomic E-state index is 9.13. The van der Waals surface area contributed by atoms with Gasteiger partial charge in [-0.05, 0) is 38.0 Å². The number of aliphatic hydroxyl groups excluding tert-OH is 1. The molecule has 1 aromatic rings. The van der Waals surface area contributed by atoms with Crippen molar-refractivity contribution in [2.24, 2.45) is 0 Å². The van der Waals surface area contributed by atoms with Gasteiger partial charge in [0.2, 0.25) is 0 Å². The Kier molecular flexibility index (Phi) is 4.15. The number of nitrogens with one attached hydrogen (secondary N) is 1. The molecular formula is C13H21NO. The number of hydrogen-bond donors (Lipinski definition) is 2. The highest BCUT2D eigenvalue weighted by molar-refractivity contribution is 5.46. The van der Waals surface area contributed by atoms with Gasteiger partial charge in [-0.25, -0.2) is 0 Å². The molecule has 15 heavy (non-hydrogen) atoms. The number of aryl methyl sites for hydroxylation is 1. The Balaban J connectivity index is 2.64. The molecule has 0 aliphatic rings. The van der Waals surface area contributed by atoms with Crippen molar-refractivity contribution in [1.29, 1.82) is 0 Å². The third kappa shape index (κ3) is 3.92. The summed E-state index contributed by atoms with van der Waals surface area (Å²) >= 11 is 0. The standard InChI is InChI=1S/C13H21NO/c1-4-5-11-6-8-12(9-7-11)14-13(2,3)10-15/h6-9,14-15H,4-5,10H2,1-3H3. The molecule has 84 valence electrons. The van der Waals surface area contributed by atoms with Crippen molar-refractivity contribution in [1.82, 2.24) is 0 Å². The van der Waals surface area contributed by atoms with Crippen LogP contribution >= 0.6 is 0 Å². The van der Waals surface area contributed by atoms with E-state index >= 15 is 0 Å². The van der Waals surface area contributed by atoms with Crippen LogP contribution in [0.4, 0.5) is 5.69 Å². The summed E-state index contributed by atoms with van der Waals surface area (Å²) in [4.78, 5) is 0. The second-order valence-electron chi connectivity index (χ2n) is 4.61. The van der Waals surface area contributed by atoms with E-state index in [1.807, 2.05) is 13.8 Å². The molecule has 0 unspecified atom stereocenters. The average Bonchev–Trinajstić information content (AvgIpc) is 2.21. The summed E-state index contributed by atoms with van der Waals surface area (Å²) in [6, 6.07) is 8.42. The Morgan fingerprint density at radius 1 is 1.20 bits per heavy atom. The lowest BCUT2D eigenvalue weighted by Gasteiger charge is -2.25. The zero-order valence-corrected chi connectivity index (χ0v) is 9.88. The summed E-state index contributed by atoms with van der Waals surface area (Å²) in [6.45, 7) is 6.27. The molecule has 1 aromatic carbocycles. The Labute approximate surface area is 92.3 Å². The molecule has 0 aliphatic carbocycles. The van der Waals surface area contributed by atoms with Gasteiger partial charge in [0.05, 0.1) is 12.1 Å². The van der Waals surface area contributed by atoms with E-state index in [4.69, 9.17) is 5.11 Å². The molecular weight excluding hydrogens is 186 g/mol. The molecule has 2 N–H and O–H groups in total. The van der Waals surface area contributed by atoms with Crippen molar-refractivity contribution >= 4 is 5.69 Å². The van der Waals surface area contributed by atoms with Gasteiger partial charge >= 0.3 is 0 Å². The van der Waals surface area contributed by atoms with Crippen LogP contribution in [0.25, 0.3) is 0 Å². The van der Waals surface area contributed by atoms with Crippen LogP contribution < -0.4 is 5.32 Å². The van der Waals surface area contributed by atoms with Crippen molar-refractivity contribution in [3.05, 3.63) is 29.8 Å². The second kappa shape index (κ2) is 5.17. The van der Waals surface area contributed by atoms with Crippen molar-refractivity contribution < 1.29 is 5.11 Å². The van der Waals surface area contributed by atoms with Crippen molar-refractivity contribution in [2.75, 3.05) is 11.9 Å². The van der Waals surface area contributed by atoms with Crippen LogP contribution in [0.5, 0.6) is 0 Å². The van der Waals surface area contributed by atoms with Crippen molar-refractivity contribution in [3.8, 4) is 0 Å². The zero-order valence-electron chi connectivity index (χ0n) is 9.88. The van der Waals surface area contributed by atoms with Crippen LogP contribution in [-0.4, -0.2) is 17.3 Å². The Bertz CT molecular complexity index is 290. The van der Waals surface area contributed by atoms with Crippen LogP contribution in [0.3, 0.4) is 0 Å². The predicted molar refractivity (Wildman–Crippen MR) is 65.2 cm³/mol. The second-order valence-corrected chi connectivity index (χ2v) is 4.61. The fourth-order valence-corrected chi connectivity index (χ4v) is 1.47. The van der Waals surface area contributed by atoms with Crippen LogP contribution in [-0.2, 0) is 6.42 Å². The quantitative estimate of drug-likeness (QED) is 0.778. The van der Waals surface area contributed by atoms with E-state index < -0.39 is 0 Å². The summed E-state index contributed by atoms with van der Waals surface area (Å²) in [5.74, 6) is 0. The van der Waals surface area contributed by atoms with Crippen LogP contribution in [0, 0.1) is 0 Å². The maximum Gasteiger partial charge on any atom is 0.0656 e. The lowest BCUT2D eigenvalue weighted by atomic mass is 10.1. The van der Waals surface area contributed by atoms with Crippen LogP contribution in [0.1, 0.15) is 32.8 Å². The Morgan fingerprint density at radius 2 is 1.80 bits per heavy atom. The highest BCUT2D eigenvalue weighted by Crippen LogP contribution is 2.16. The van der Waals surface area contributed by atoms with E-state index in [0.717, 1.165) is 12.1 Å². The molecule has 0 aliphatic heterocycles. The van der Waals surface area contributed by atoms with Crippen LogP contribution in [0.2, 0.25) is 0 Å². The minimum Gasteiger partial charge on any atom is -0.394 e. The van der Waals surface area contributed by atoms with Gasteiger partial charge in [-0.15, -0.1) is 0 Å².